The third-order valence-corrected chi connectivity index (χ3v) is 3.06. The van der Waals surface area contributed by atoms with E-state index in [2.05, 4.69) is 27.4 Å². The van der Waals surface area contributed by atoms with Gasteiger partial charge in [-0.15, -0.1) is 11.3 Å². The van der Waals surface area contributed by atoms with Gasteiger partial charge in [-0.2, -0.15) is 0 Å². The molecule has 62 valence electrons. The number of hydrogen-bond acceptors (Lipinski definition) is 2. The van der Waals surface area contributed by atoms with Crippen LogP contribution in [-0.2, 0) is 6.42 Å². The second-order valence-corrected chi connectivity index (χ2v) is 5.07. The van der Waals surface area contributed by atoms with Crippen LogP contribution >= 0.6 is 27.3 Å². The standard InChI is InChI=1S/C8H12BrNS/c1-6(10)2-3-7-4-8(9)11-5-7/h4-6H,2-3,10H2,1H3. The Bertz CT molecular complexity index is 220. The Morgan fingerprint density at radius 3 is 2.91 bits per heavy atom. The van der Waals surface area contributed by atoms with Gasteiger partial charge in [-0.05, 0) is 52.7 Å². The monoisotopic (exact) mass is 233 g/mol. The van der Waals surface area contributed by atoms with Crippen molar-refractivity contribution in [2.24, 2.45) is 5.73 Å². The maximum absolute atomic E-state index is 5.64. The van der Waals surface area contributed by atoms with Gasteiger partial charge >= 0.3 is 0 Å². The van der Waals surface area contributed by atoms with E-state index in [9.17, 15) is 0 Å². The molecule has 1 rings (SSSR count). The van der Waals surface area contributed by atoms with Gasteiger partial charge in [0.25, 0.3) is 0 Å². The normalized spacial score (nSPS) is 13.4. The van der Waals surface area contributed by atoms with Gasteiger partial charge in [0.05, 0.1) is 3.79 Å². The van der Waals surface area contributed by atoms with Gasteiger partial charge in [-0.3, -0.25) is 0 Å². The van der Waals surface area contributed by atoms with Crippen molar-refractivity contribution in [3.63, 3.8) is 0 Å². The van der Waals surface area contributed by atoms with Crippen LogP contribution in [0.25, 0.3) is 0 Å². The van der Waals surface area contributed by atoms with E-state index in [1.165, 1.54) is 9.35 Å². The summed E-state index contributed by atoms with van der Waals surface area (Å²) in [5.41, 5.74) is 7.03. The summed E-state index contributed by atoms with van der Waals surface area (Å²) >= 11 is 5.16. The molecule has 0 aliphatic heterocycles. The highest BCUT2D eigenvalue weighted by Crippen LogP contribution is 2.21. The molecular weight excluding hydrogens is 222 g/mol. The smallest absolute Gasteiger partial charge is 0.0701 e. The van der Waals surface area contributed by atoms with Gasteiger partial charge in [-0.1, -0.05) is 0 Å². The van der Waals surface area contributed by atoms with Crippen LogP contribution in [-0.4, -0.2) is 6.04 Å². The molecule has 0 aliphatic rings. The summed E-state index contributed by atoms with van der Waals surface area (Å²) in [5.74, 6) is 0. The number of halogens is 1. The Morgan fingerprint density at radius 2 is 2.45 bits per heavy atom. The van der Waals surface area contributed by atoms with Crippen LogP contribution < -0.4 is 5.73 Å². The van der Waals surface area contributed by atoms with Crippen LogP contribution in [0, 0.1) is 0 Å². The maximum Gasteiger partial charge on any atom is 0.0701 e. The highest BCUT2D eigenvalue weighted by Gasteiger charge is 1.98. The third kappa shape index (κ3) is 3.36. The molecule has 1 unspecified atom stereocenters. The molecule has 1 nitrogen and oxygen atoms in total. The predicted molar refractivity (Wildman–Crippen MR) is 54.0 cm³/mol. The molecule has 3 heteroatoms. The maximum atomic E-state index is 5.64. The number of thiophene rings is 1. The van der Waals surface area contributed by atoms with Crippen molar-refractivity contribution in [1.29, 1.82) is 0 Å². The predicted octanol–water partition coefficient (Wildman–Crippen LogP) is 2.79. The van der Waals surface area contributed by atoms with Crippen molar-refractivity contribution in [1.82, 2.24) is 0 Å². The average molecular weight is 234 g/mol. The molecule has 2 N–H and O–H groups in total. The molecule has 0 saturated heterocycles. The molecule has 0 radical (unpaired) electrons. The van der Waals surface area contributed by atoms with Gasteiger partial charge < -0.3 is 5.73 Å². The lowest BCUT2D eigenvalue weighted by Crippen LogP contribution is -2.15. The van der Waals surface area contributed by atoms with Crippen molar-refractivity contribution >= 4 is 27.3 Å². The van der Waals surface area contributed by atoms with Crippen LogP contribution in [0.5, 0.6) is 0 Å². The number of nitrogens with two attached hydrogens (primary N) is 1. The zero-order valence-corrected chi connectivity index (χ0v) is 8.91. The molecule has 0 bridgehead atoms. The first-order chi connectivity index (χ1) is 5.18. The zero-order chi connectivity index (χ0) is 8.27. The lowest BCUT2D eigenvalue weighted by atomic mass is 10.1. The fourth-order valence-electron chi connectivity index (χ4n) is 0.871. The summed E-state index contributed by atoms with van der Waals surface area (Å²) in [6.45, 7) is 2.04. The second kappa shape index (κ2) is 4.24. The molecule has 0 fully saturated rings. The first-order valence-electron chi connectivity index (χ1n) is 3.67. The van der Waals surface area contributed by atoms with E-state index < -0.39 is 0 Å². The summed E-state index contributed by atoms with van der Waals surface area (Å²) in [6.07, 6.45) is 2.17. The highest BCUT2D eigenvalue weighted by molar-refractivity contribution is 9.11. The van der Waals surface area contributed by atoms with Gasteiger partial charge in [0.15, 0.2) is 0 Å². The molecule has 0 saturated carbocycles. The Balaban J connectivity index is 2.39. The summed E-state index contributed by atoms with van der Waals surface area (Å²) in [6, 6.07) is 2.47. The van der Waals surface area contributed by atoms with Crippen molar-refractivity contribution in [3.05, 3.63) is 20.8 Å². The Kier molecular flexibility index (Phi) is 3.55. The van der Waals surface area contributed by atoms with Crippen molar-refractivity contribution in [2.75, 3.05) is 0 Å². The molecule has 1 aromatic heterocycles. The lowest BCUT2D eigenvalue weighted by Gasteiger charge is -2.01. The summed E-state index contributed by atoms with van der Waals surface area (Å²) in [7, 11) is 0. The number of hydrogen-bond donors (Lipinski definition) is 1. The SMILES string of the molecule is CC(N)CCc1csc(Br)c1. The van der Waals surface area contributed by atoms with Crippen LogP contribution in [0.15, 0.2) is 15.2 Å². The topological polar surface area (TPSA) is 26.0 Å². The minimum Gasteiger partial charge on any atom is -0.328 e. The van der Waals surface area contributed by atoms with E-state index in [0.717, 1.165) is 12.8 Å². The average Bonchev–Trinajstić information content (AvgIpc) is 2.31. The molecule has 0 aliphatic carbocycles. The van der Waals surface area contributed by atoms with E-state index in [1.807, 2.05) is 6.92 Å². The third-order valence-electron chi connectivity index (χ3n) is 1.51. The lowest BCUT2D eigenvalue weighted by molar-refractivity contribution is 0.667. The Morgan fingerprint density at radius 1 is 1.73 bits per heavy atom. The van der Waals surface area contributed by atoms with Gasteiger partial charge in [0, 0.05) is 6.04 Å². The van der Waals surface area contributed by atoms with Crippen LogP contribution in [0.2, 0.25) is 0 Å². The first kappa shape index (κ1) is 9.23. The fourth-order valence-corrected chi connectivity index (χ4v) is 2.11. The van der Waals surface area contributed by atoms with Gasteiger partial charge in [0.1, 0.15) is 0 Å². The van der Waals surface area contributed by atoms with Crippen molar-refractivity contribution < 1.29 is 0 Å². The van der Waals surface area contributed by atoms with E-state index in [1.54, 1.807) is 11.3 Å². The molecule has 1 atom stereocenters. The Hall–Kier alpha value is 0.140. The number of rotatable bonds is 3. The van der Waals surface area contributed by atoms with Crippen LogP contribution in [0.1, 0.15) is 18.9 Å². The molecule has 1 aromatic rings. The molecule has 0 aromatic carbocycles. The van der Waals surface area contributed by atoms with E-state index in [-0.39, 0.29) is 0 Å². The van der Waals surface area contributed by atoms with Crippen molar-refractivity contribution in [3.8, 4) is 0 Å². The minimum atomic E-state index is 0.314. The van der Waals surface area contributed by atoms with Gasteiger partial charge in [0.2, 0.25) is 0 Å². The highest BCUT2D eigenvalue weighted by atomic mass is 79.9. The van der Waals surface area contributed by atoms with E-state index >= 15 is 0 Å². The first-order valence-corrected chi connectivity index (χ1v) is 5.34. The zero-order valence-electron chi connectivity index (χ0n) is 6.51. The minimum absolute atomic E-state index is 0.314. The van der Waals surface area contributed by atoms with Gasteiger partial charge in [-0.25, -0.2) is 0 Å². The molecule has 0 amide bonds. The van der Waals surface area contributed by atoms with Crippen LogP contribution in [0.4, 0.5) is 0 Å². The fraction of sp³-hybridized carbons (Fsp3) is 0.500. The molecule has 0 spiro atoms. The van der Waals surface area contributed by atoms with Crippen molar-refractivity contribution in [2.45, 2.75) is 25.8 Å². The molecule has 1 heterocycles. The summed E-state index contributed by atoms with van der Waals surface area (Å²) < 4.78 is 1.21. The van der Waals surface area contributed by atoms with E-state index in [4.69, 9.17) is 5.73 Å². The quantitative estimate of drug-likeness (QED) is 0.855. The molecular formula is C8H12BrNS. The largest absolute Gasteiger partial charge is 0.328 e. The summed E-state index contributed by atoms with van der Waals surface area (Å²) in [5, 5.41) is 2.17. The summed E-state index contributed by atoms with van der Waals surface area (Å²) in [4.78, 5) is 0. The van der Waals surface area contributed by atoms with E-state index in [0.29, 0.717) is 6.04 Å². The molecule has 11 heavy (non-hydrogen) atoms. The Labute approximate surface area is 79.7 Å². The van der Waals surface area contributed by atoms with Crippen LogP contribution in [0.3, 0.4) is 0 Å². The number of aryl methyl sites for hydroxylation is 1. The second-order valence-electron chi connectivity index (χ2n) is 2.78.